The number of anilines is 2. The van der Waals surface area contributed by atoms with Crippen LogP contribution in [0.1, 0.15) is 104 Å². The first kappa shape index (κ1) is 83.6. The zero-order valence-corrected chi connectivity index (χ0v) is 57.6. The summed E-state index contributed by atoms with van der Waals surface area (Å²) in [5.74, 6) is -13.5. The molecule has 0 bridgehead atoms. The molecule has 2 aromatic rings. The largest absolute Gasteiger partial charge is 0.475 e. The number of halogens is 4. The minimum atomic E-state index is -5.18. The molecule has 2 aliphatic heterocycles. The second kappa shape index (κ2) is 39.4. The number of hydrogen-bond donors (Lipinski definition) is 8. The molecule has 10 N–H and O–H groups in total. The van der Waals surface area contributed by atoms with Gasteiger partial charge in [0.2, 0.25) is 37.9 Å². The van der Waals surface area contributed by atoms with E-state index < -0.39 is 164 Å². The number of rotatable bonds is 41. The lowest BCUT2D eigenvalue weighted by molar-refractivity contribution is -0.163. The first-order valence-electron chi connectivity index (χ1n) is 30.9. The number of ether oxygens (including phenoxy) is 7. The summed E-state index contributed by atoms with van der Waals surface area (Å²) in [6.07, 6.45) is -8.43. The molecule has 6 rings (SSSR count). The van der Waals surface area contributed by atoms with Crippen molar-refractivity contribution in [3.8, 4) is 0 Å². The normalized spacial score (nSPS) is 24.5. The molecule has 2 aliphatic carbocycles. The number of ketones is 2. The molecule has 558 valence electrons. The molecule has 0 spiro atoms. The Hall–Kier alpha value is -6.04. The summed E-state index contributed by atoms with van der Waals surface area (Å²) in [7, 11) is -10.3. The Kier molecular flexibility index (Phi) is 33.3. The molecule has 0 radical (unpaired) electrons. The van der Waals surface area contributed by atoms with Gasteiger partial charge >= 0.3 is 62.7 Å². The summed E-state index contributed by atoms with van der Waals surface area (Å²) in [5.41, 5.74) is 8.25. The molecule has 2 aromatic heterocycles. The topological polar surface area (TPSA) is 499 Å². The van der Waals surface area contributed by atoms with Crippen LogP contribution in [-0.4, -0.2) is 211 Å². The number of amides is 2. The van der Waals surface area contributed by atoms with E-state index in [1.54, 1.807) is 6.92 Å². The van der Waals surface area contributed by atoms with Crippen LogP contribution in [-0.2, 0) is 98.7 Å². The fourth-order valence-electron chi connectivity index (χ4n) is 9.14. The number of aliphatic hydroxyl groups excluding tert-OH is 2. The first-order valence-corrected chi connectivity index (χ1v) is 36.0. The number of nitrogens with one attached hydrogen (secondary N) is 2. The minimum Gasteiger partial charge on any atom is -0.454 e. The summed E-state index contributed by atoms with van der Waals surface area (Å²) in [5, 5.41) is 25.4. The maximum absolute atomic E-state index is 14.8. The molecule has 14 atom stereocenters. The number of carbonyl (C=O) groups excluding carboxylic acids is 8. The lowest BCUT2D eigenvalue weighted by Gasteiger charge is -2.37. The van der Waals surface area contributed by atoms with Crippen molar-refractivity contribution in [2.24, 2.45) is 23.7 Å². The highest BCUT2D eigenvalue weighted by Gasteiger charge is 2.61. The summed E-state index contributed by atoms with van der Waals surface area (Å²) in [6.45, 7) is 0.541. The van der Waals surface area contributed by atoms with Crippen LogP contribution in [0.25, 0.3) is 0 Å². The Labute approximate surface area is 571 Å². The number of Topliss-reactive ketones (excluding diaryl/α,β-unsaturated/α-hetero) is 2. The summed E-state index contributed by atoms with van der Waals surface area (Å²) in [6, 6.07) is 2.02. The summed E-state index contributed by atoms with van der Waals surface area (Å²) < 4.78 is 137. The second-order valence-corrected chi connectivity index (χ2v) is 28.5. The number of phosphoric ester groups is 2. The third-order valence-corrected chi connectivity index (χ3v) is 20.8. The monoisotopic (exact) mass is 1500 g/mol. The predicted octanol–water partition coefficient (Wildman–Crippen LogP) is 1.86. The van der Waals surface area contributed by atoms with Crippen LogP contribution in [0.2, 0.25) is 0 Å². The van der Waals surface area contributed by atoms with Gasteiger partial charge in [-0.3, -0.25) is 46.9 Å². The number of aromatic nitrogens is 4. The number of hydrogen-bond acceptors (Lipinski definition) is 31. The Morgan fingerprint density at radius 1 is 0.646 bits per heavy atom. The molecular formula is C56H82F4N8O27P2S2. The van der Waals surface area contributed by atoms with Crippen molar-refractivity contribution < 1.29 is 136 Å². The van der Waals surface area contributed by atoms with Crippen molar-refractivity contribution in [3.05, 3.63) is 45.5 Å². The molecule has 2 amide bonds. The van der Waals surface area contributed by atoms with Crippen LogP contribution < -0.4 is 33.5 Å². The first-order chi connectivity index (χ1) is 46.5. The van der Waals surface area contributed by atoms with Gasteiger partial charge in [0.05, 0.1) is 45.2 Å². The number of thioether (sulfide) groups is 2. The number of alkyl halides is 4. The van der Waals surface area contributed by atoms with Gasteiger partial charge in [0, 0.05) is 72.7 Å². The zero-order valence-electron chi connectivity index (χ0n) is 54.1. The van der Waals surface area contributed by atoms with Gasteiger partial charge < -0.3 is 75.3 Å². The SMILES string of the molecule is CC1CCC1C.CCC(CSC1CCC1SCC(CC(=O)CCOCCC(C)=O)C(=O)NCCC(=O)OCC(=O)OCOP(=O)(O)OC[C@H]1O[C@@H](n2ccc(N)nc2=O)C(F)(F)[C@@H]1O)C(=O)NCCC(=O)OCC(=O)OCOP(=O)(O)OC[C@H]1O[C@@H](n2ccc(N)nc2=O)C(F)(F)[C@@H]1O. The average Bonchev–Trinajstić information content (AvgIpc) is 1.63. The number of nitrogen functional groups attached to an aromatic ring is 2. The maximum atomic E-state index is 14.8. The molecule has 2 saturated carbocycles. The van der Waals surface area contributed by atoms with Crippen LogP contribution in [0.15, 0.2) is 34.1 Å². The molecule has 2 saturated heterocycles. The van der Waals surface area contributed by atoms with Gasteiger partial charge in [-0.05, 0) is 50.2 Å². The van der Waals surface area contributed by atoms with E-state index >= 15 is 0 Å². The summed E-state index contributed by atoms with van der Waals surface area (Å²) in [4.78, 5) is 151. The van der Waals surface area contributed by atoms with E-state index in [2.05, 4.69) is 62.0 Å². The summed E-state index contributed by atoms with van der Waals surface area (Å²) >= 11 is 2.95. The number of nitrogens with two attached hydrogens (primary N) is 2. The number of aliphatic hydroxyl groups is 2. The van der Waals surface area contributed by atoms with Crippen molar-refractivity contribution in [1.29, 1.82) is 0 Å². The van der Waals surface area contributed by atoms with Gasteiger partial charge in [0.25, 0.3) is 0 Å². The van der Waals surface area contributed by atoms with E-state index in [-0.39, 0.29) is 97.3 Å². The van der Waals surface area contributed by atoms with E-state index in [1.807, 2.05) is 0 Å². The molecule has 4 heterocycles. The van der Waals surface area contributed by atoms with Crippen LogP contribution in [0, 0.1) is 23.7 Å². The zero-order chi connectivity index (χ0) is 73.4. The fourth-order valence-corrected chi connectivity index (χ4v) is 13.7. The lowest BCUT2D eigenvalue weighted by Crippen LogP contribution is -2.41. The van der Waals surface area contributed by atoms with Gasteiger partial charge in [0.1, 0.15) is 35.4 Å². The number of nitrogens with zero attached hydrogens (tertiary/aromatic N) is 4. The Bertz CT molecular complexity index is 3300. The smallest absolute Gasteiger partial charge is 0.454 e. The van der Waals surface area contributed by atoms with Crippen LogP contribution in [0.5, 0.6) is 0 Å². The van der Waals surface area contributed by atoms with Crippen molar-refractivity contribution in [3.63, 3.8) is 0 Å². The van der Waals surface area contributed by atoms with Crippen molar-refractivity contribution in [2.75, 3.05) is 89.3 Å². The van der Waals surface area contributed by atoms with Crippen molar-refractivity contribution in [1.82, 2.24) is 29.7 Å². The number of esters is 4. The molecule has 8 unspecified atom stereocenters. The van der Waals surface area contributed by atoms with Crippen LogP contribution >= 0.6 is 39.2 Å². The fraction of sp³-hybridized carbons (Fsp3) is 0.714. The van der Waals surface area contributed by atoms with Gasteiger partial charge in [-0.15, -0.1) is 0 Å². The van der Waals surface area contributed by atoms with E-state index in [4.69, 9.17) is 35.2 Å². The van der Waals surface area contributed by atoms with Crippen LogP contribution in [0.3, 0.4) is 0 Å². The Morgan fingerprint density at radius 3 is 1.44 bits per heavy atom. The van der Waals surface area contributed by atoms with Gasteiger partial charge in [-0.2, -0.15) is 51.1 Å². The Morgan fingerprint density at radius 2 is 1.06 bits per heavy atom. The molecule has 43 heteroatoms. The number of phosphoric acid groups is 2. The number of carbonyl (C=O) groups is 8. The van der Waals surface area contributed by atoms with Crippen LogP contribution in [0.4, 0.5) is 29.2 Å². The lowest BCUT2D eigenvalue weighted by atomic mass is 9.77. The average molecular weight is 1500 g/mol. The van der Waals surface area contributed by atoms with E-state index in [9.17, 15) is 94.6 Å². The third kappa shape index (κ3) is 27.0. The Balaban J connectivity index is 0.00000279. The van der Waals surface area contributed by atoms with Gasteiger partial charge in [-0.25, -0.2) is 37.4 Å². The molecule has 35 nitrogen and oxygen atoms in total. The second-order valence-electron chi connectivity index (χ2n) is 23.0. The van der Waals surface area contributed by atoms with E-state index in [1.165, 1.54) is 43.3 Å². The van der Waals surface area contributed by atoms with Crippen molar-refractivity contribution in [2.45, 2.75) is 151 Å². The third-order valence-electron chi connectivity index (χ3n) is 15.7. The molecular weight excluding hydrogens is 1420 g/mol. The molecule has 0 aromatic carbocycles. The van der Waals surface area contributed by atoms with E-state index in [0.29, 0.717) is 21.3 Å². The standard InChI is InChI=1S/C50H70F4N8O27P2S2.C6H12/c1-3-28(43(71)57-12-6-37(65)80-21-39(67)82-25-86-90(75,76)84-19-31-41(69)49(51,52)45(88-31)61-14-8-35(55)59-47(61)73)23-92-33-4-5-34(33)93-24-29(18-30(64)11-17-79-16-10-27(2)63)44(72)58-13-7-38(66)81-22-40(68)83-26-87-91(77,78)85-20-32-42(70)50(53,54)46(89-32)62-15-9-36(56)60-48(62)74;1-5-3-4-6(5)2/h8-9,14-15,28-29,31-34,41-42,45-46,69-70H,3-7,10-13,16-26H2,1-2H3,(H,57,71)(H,58,72)(H,75,76)(H,77,78)(H2,55,59,73)(H2,56,60,74);5-6H,3-4H2,1-2H3/t28?,29?,31-,32-,33?,34?,41-,42-,45-,46-;/m1./s1. The highest BCUT2D eigenvalue weighted by molar-refractivity contribution is 8.04. The van der Waals surface area contributed by atoms with Gasteiger partial charge in [-0.1, -0.05) is 33.6 Å². The molecule has 99 heavy (non-hydrogen) atoms. The minimum absolute atomic E-state index is 0.00234. The van der Waals surface area contributed by atoms with E-state index in [0.717, 1.165) is 49.2 Å². The maximum Gasteiger partial charge on any atom is 0.475 e. The highest BCUT2D eigenvalue weighted by Crippen LogP contribution is 2.49. The molecule has 4 fully saturated rings. The van der Waals surface area contributed by atoms with Crippen molar-refractivity contribution >= 4 is 98.1 Å². The molecule has 4 aliphatic rings. The quantitative estimate of drug-likeness (QED) is 0.0118. The predicted molar refractivity (Wildman–Crippen MR) is 335 cm³/mol. The van der Waals surface area contributed by atoms with Gasteiger partial charge in [0.15, 0.2) is 25.4 Å². The highest BCUT2D eigenvalue weighted by atomic mass is 32.2.